The van der Waals surface area contributed by atoms with Crippen LogP contribution in [0.1, 0.15) is 49.2 Å². The highest BCUT2D eigenvalue weighted by atomic mass is 16.5. The van der Waals surface area contributed by atoms with Gasteiger partial charge in [-0.1, -0.05) is 24.2 Å². The summed E-state index contributed by atoms with van der Waals surface area (Å²) in [6, 6.07) is 6.10. The van der Waals surface area contributed by atoms with Crippen LogP contribution >= 0.6 is 0 Å². The average Bonchev–Trinajstić information content (AvgIpc) is 3.28. The van der Waals surface area contributed by atoms with Gasteiger partial charge in [-0.15, -0.1) is 0 Å². The third-order valence-corrected chi connectivity index (χ3v) is 5.18. The van der Waals surface area contributed by atoms with E-state index in [1.165, 1.54) is 5.56 Å². The van der Waals surface area contributed by atoms with Crippen LogP contribution in [0, 0.1) is 5.92 Å². The van der Waals surface area contributed by atoms with Crippen LogP contribution in [0.25, 0.3) is 11.4 Å². The molecule has 4 rings (SSSR count). The van der Waals surface area contributed by atoms with Gasteiger partial charge in [0.25, 0.3) is 0 Å². The summed E-state index contributed by atoms with van der Waals surface area (Å²) in [7, 11) is 0. The summed E-state index contributed by atoms with van der Waals surface area (Å²) >= 11 is 0. The van der Waals surface area contributed by atoms with Crippen molar-refractivity contribution in [3.8, 4) is 11.4 Å². The van der Waals surface area contributed by atoms with Gasteiger partial charge in [-0.3, -0.25) is 9.59 Å². The minimum absolute atomic E-state index is 0.00742. The molecule has 0 radical (unpaired) electrons. The number of nitrogens with zero attached hydrogens (tertiary/aromatic N) is 2. The molecule has 2 heterocycles. The Bertz CT molecular complexity index is 845. The zero-order valence-electron chi connectivity index (χ0n) is 14.7. The summed E-state index contributed by atoms with van der Waals surface area (Å²) in [5, 5.41) is 9.92. The molecule has 1 saturated heterocycles. The zero-order valence-corrected chi connectivity index (χ0v) is 14.7. The molecule has 2 aliphatic rings. The molecular formula is C19H22N4O3. The number of aryl methyl sites for hydroxylation is 2. The molecule has 2 amide bonds. The second-order valence-corrected chi connectivity index (χ2v) is 6.92. The third kappa shape index (κ3) is 3.21. The molecule has 7 nitrogen and oxygen atoms in total. The van der Waals surface area contributed by atoms with Crippen LogP contribution in [0.3, 0.4) is 0 Å². The molecule has 26 heavy (non-hydrogen) atoms. The lowest BCUT2D eigenvalue weighted by molar-refractivity contribution is -0.132. The summed E-state index contributed by atoms with van der Waals surface area (Å²) in [6.45, 7) is 2.55. The fourth-order valence-corrected chi connectivity index (χ4v) is 3.72. The first-order chi connectivity index (χ1) is 12.6. The van der Waals surface area contributed by atoms with Crippen molar-refractivity contribution in [1.82, 2.24) is 20.8 Å². The highest BCUT2D eigenvalue weighted by Gasteiger charge is 2.30. The van der Waals surface area contributed by atoms with E-state index in [0.717, 1.165) is 24.0 Å². The predicted molar refractivity (Wildman–Crippen MR) is 94.1 cm³/mol. The number of piperidine rings is 1. The second-order valence-electron chi connectivity index (χ2n) is 6.92. The van der Waals surface area contributed by atoms with E-state index < -0.39 is 0 Å². The summed E-state index contributed by atoms with van der Waals surface area (Å²) in [6.07, 6.45) is 3.47. The van der Waals surface area contributed by atoms with E-state index in [1.807, 2.05) is 19.1 Å². The van der Waals surface area contributed by atoms with Gasteiger partial charge in [0.1, 0.15) is 0 Å². The van der Waals surface area contributed by atoms with Crippen LogP contribution in [-0.2, 0) is 22.4 Å². The standard InChI is InChI=1S/C19H22N4O3/c1-2-17-22-18(23-26-17)12-3-5-14-11(9-12)4-6-15(14)21-19(25)13-7-8-20-16(24)10-13/h3,5,9,13,15H,2,4,6-8,10H2,1H3,(H,20,24)(H,21,25)/t13-,15+/m0/s1. The number of amides is 2. The van der Waals surface area contributed by atoms with E-state index in [0.29, 0.717) is 31.1 Å². The van der Waals surface area contributed by atoms with Crippen LogP contribution in [0.4, 0.5) is 0 Å². The molecule has 1 fully saturated rings. The third-order valence-electron chi connectivity index (χ3n) is 5.18. The number of carbonyl (C=O) groups is 2. The van der Waals surface area contributed by atoms with Crippen molar-refractivity contribution in [3.05, 3.63) is 35.2 Å². The number of fused-ring (bicyclic) bond motifs is 1. The molecule has 0 bridgehead atoms. The summed E-state index contributed by atoms with van der Waals surface area (Å²) in [5.41, 5.74) is 3.28. The van der Waals surface area contributed by atoms with E-state index in [9.17, 15) is 9.59 Å². The van der Waals surface area contributed by atoms with E-state index >= 15 is 0 Å². The van der Waals surface area contributed by atoms with Crippen LogP contribution in [0.5, 0.6) is 0 Å². The van der Waals surface area contributed by atoms with Crippen molar-refractivity contribution >= 4 is 11.8 Å². The van der Waals surface area contributed by atoms with Gasteiger partial charge in [0.2, 0.25) is 23.5 Å². The largest absolute Gasteiger partial charge is 0.356 e. The van der Waals surface area contributed by atoms with Gasteiger partial charge in [0.15, 0.2) is 0 Å². The molecule has 0 spiro atoms. The lowest BCUT2D eigenvalue weighted by Gasteiger charge is -2.23. The van der Waals surface area contributed by atoms with E-state index in [1.54, 1.807) is 0 Å². The normalized spacial score (nSPS) is 22.0. The monoisotopic (exact) mass is 354 g/mol. The first-order valence-corrected chi connectivity index (χ1v) is 9.17. The van der Waals surface area contributed by atoms with Crippen molar-refractivity contribution in [1.29, 1.82) is 0 Å². The zero-order chi connectivity index (χ0) is 18.1. The van der Waals surface area contributed by atoms with Crippen LogP contribution in [0.2, 0.25) is 0 Å². The molecule has 1 aliphatic heterocycles. The SMILES string of the molecule is CCc1nc(-c2ccc3c(c2)CC[C@H]3NC(=O)[C@H]2CCNC(=O)C2)no1. The van der Waals surface area contributed by atoms with Gasteiger partial charge in [-0.25, -0.2) is 0 Å². The molecule has 7 heteroatoms. The molecule has 1 aliphatic carbocycles. The number of rotatable bonds is 4. The maximum absolute atomic E-state index is 12.5. The highest BCUT2D eigenvalue weighted by molar-refractivity contribution is 5.87. The molecule has 2 N–H and O–H groups in total. The Balaban J connectivity index is 1.47. The predicted octanol–water partition coefficient (Wildman–Crippen LogP) is 1.93. The fourth-order valence-electron chi connectivity index (χ4n) is 3.72. The Morgan fingerprint density at radius 1 is 1.38 bits per heavy atom. The first kappa shape index (κ1) is 16.8. The quantitative estimate of drug-likeness (QED) is 0.874. The van der Waals surface area contributed by atoms with Gasteiger partial charge < -0.3 is 15.2 Å². The van der Waals surface area contributed by atoms with Gasteiger partial charge in [-0.05, 0) is 36.5 Å². The Labute approximate surface area is 151 Å². The van der Waals surface area contributed by atoms with E-state index in [-0.39, 0.29) is 30.2 Å². The second kappa shape index (κ2) is 6.90. The van der Waals surface area contributed by atoms with Crippen molar-refractivity contribution < 1.29 is 14.1 Å². The maximum Gasteiger partial charge on any atom is 0.226 e. The van der Waals surface area contributed by atoms with E-state index in [2.05, 4.69) is 26.8 Å². The number of aromatic nitrogens is 2. The molecule has 0 unspecified atom stereocenters. The molecule has 1 aromatic heterocycles. The van der Waals surface area contributed by atoms with Crippen molar-refractivity contribution in [2.45, 2.75) is 45.1 Å². The van der Waals surface area contributed by atoms with Gasteiger partial charge in [0, 0.05) is 30.9 Å². The topological polar surface area (TPSA) is 97.1 Å². The minimum Gasteiger partial charge on any atom is -0.356 e. The molecule has 0 saturated carbocycles. The average molecular weight is 354 g/mol. The van der Waals surface area contributed by atoms with Crippen molar-refractivity contribution in [2.24, 2.45) is 5.92 Å². The maximum atomic E-state index is 12.5. The number of carbonyl (C=O) groups excluding carboxylic acids is 2. The van der Waals surface area contributed by atoms with Gasteiger partial charge in [-0.2, -0.15) is 4.98 Å². The van der Waals surface area contributed by atoms with Crippen LogP contribution in [0.15, 0.2) is 22.7 Å². The molecule has 136 valence electrons. The number of hydrogen-bond donors (Lipinski definition) is 2. The number of hydrogen-bond acceptors (Lipinski definition) is 5. The van der Waals surface area contributed by atoms with E-state index in [4.69, 9.17) is 4.52 Å². The minimum atomic E-state index is -0.223. The first-order valence-electron chi connectivity index (χ1n) is 9.17. The lowest BCUT2D eigenvalue weighted by atomic mass is 9.96. The molecule has 1 aromatic carbocycles. The van der Waals surface area contributed by atoms with Crippen molar-refractivity contribution in [3.63, 3.8) is 0 Å². The summed E-state index contributed by atoms with van der Waals surface area (Å²) in [5.74, 6) is 0.943. The lowest BCUT2D eigenvalue weighted by Crippen LogP contribution is -2.41. The molecule has 2 aromatic rings. The van der Waals surface area contributed by atoms with Crippen molar-refractivity contribution in [2.75, 3.05) is 6.54 Å². The fraction of sp³-hybridized carbons (Fsp3) is 0.474. The highest BCUT2D eigenvalue weighted by Crippen LogP contribution is 2.34. The van der Waals surface area contributed by atoms with Gasteiger partial charge in [0.05, 0.1) is 6.04 Å². The number of nitrogens with one attached hydrogen (secondary N) is 2. The molecule has 2 atom stereocenters. The van der Waals surface area contributed by atoms with Crippen LogP contribution < -0.4 is 10.6 Å². The summed E-state index contributed by atoms with van der Waals surface area (Å²) in [4.78, 5) is 28.4. The Kier molecular flexibility index (Phi) is 4.44. The Morgan fingerprint density at radius 2 is 2.27 bits per heavy atom. The molecular weight excluding hydrogens is 332 g/mol. The Morgan fingerprint density at radius 3 is 3.04 bits per heavy atom. The Hall–Kier alpha value is -2.70. The smallest absolute Gasteiger partial charge is 0.226 e. The number of benzene rings is 1. The summed E-state index contributed by atoms with van der Waals surface area (Å²) < 4.78 is 5.19. The van der Waals surface area contributed by atoms with Crippen LogP contribution in [-0.4, -0.2) is 28.5 Å². The van der Waals surface area contributed by atoms with Gasteiger partial charge >= 0.3 is 0 Å².